The van der Waals surface area contributed by atoms with Crippen LogP contribution in [0.4, 0.5) is 0 Å². The van der Waals surface area contributed by atoms with Gasteiger partial charge >= 0.3 is 17.9 Å². The van der Waals surface area contributed by atoms with Crippen LogP contribution >= 0.6 is 0 Å². The quantitative estimate of drug-likeness (QED) is 0.430. The summed E-state index contributed by atoms with van der Waals surface area (Å²) in [5.74, 6) is -0.728. The van der Waals surface area contributed by atoms with E-state index < -0.39 is 16.8 Å². The van der Waals surface area contributed by atoms with Crippen LogP contribution in [0.15, 0.2) is 12.2 Å². The lowest BCUT2D eigenvalue weighted by Gasteiger charge is -2.63. The van der Waals surface area contributed by atoms with Crippen LogP contribution in [0, 0.1) is 22.2 Å². The normalized spacial score (nSPS) is 38.1. The molecule has 4 fully saturated rings. The molecule has 0 heterocycles. The second-order valence-corrected chi connectivity index (χ2v) is 8.41. The maximum atomic E-state index is 12.6. The molecule has 0 amide bonds. The Morgan fingerprint density at radius 2 is 1.48 bits per heavy atom. The van der Waals surface area contributed by atoms with E-state index in [9.17, 15) is 14.4 Å². The Hall–Kier alpha value is -1.85. The van der Waals surface area contributed by atoms with Crippen LogP contribution in [-0.2, 0) is 28.6 Å². The minimum absolute atomic E-state index is 0.201. The van der Waals surface area contributed by atoms with Gasteiger partial charge in [0.1, 0.15) is 0 Å². The van der Waals surface area contributed by atoms with Crippen LogP contribution in [0.2, 0.25) is 0 Å². The van der Waals surface area contributed by atoms with Gasteiger partial charge in [-0.1, -0.05) is 6.58 Å². The number of ether oxygens (including phenoxy) is 3. The molecule has 6 heteroatoms. The minimum atomic E-state index is -0.683. The Morgan fingerprint density at radius 1 is 0.960 bits per heavy atom. The molecule has 4 saturated carbocycles. The summed E-state index contributed by atoms with van der Waals surface area (Å²) in [7, 11) is 2.78. The number of methoxy groups -OCH3 is 2. The average molecular weight is 350 g/mol. The van der Waals surface area contributed by atoms with E-state index >= 15 is 0 Å². The second-order valence-electron chi connectivity index (χ2n) is 8.41. The van der Waals surface area contributed by atoms with E-state index in [2.05, 4.69) is 6.58 Å². The molecule has 4 aliphatic rings. The molecule has 0 spiro atoms. The fourth-order valence-electron chi connectivity index (χ4n) is 6.03. The van der Waals surface area contributed by atoms with E-state index in [1.807, 2.05) is 0 Å². The Morgan fingerprint density at radius 3 is 1.92 bits per heavy atom. The van der Waals surface area contributed by atoms with Crippen LogP contribution < -0.4 is 0 Å². The average Bonchev–Trinajstić information content (AvgIpc) is 2.56. The van der Waals surface area contributed by atoms with Gasteiger partial charge in [-0.3, -0.25) is 9.59 Å². The van der Waals surface area contributed by atoms with Crippen molar-refractivity contribution in [2.24, 2.45) is 22.2 Å². The van der Waals surface area contributed by atoms with Crippen molar-refractivity contribution in [1.82, 2.24) is 0 Å². The molecule has 2 unspecified atom stereocenters. The van der Waals surface area contributed by atoms with Gasteiger partial charge < -0.3 is 14.2 Å². The molecule has 4 bridgehead atoms. The van der Waals surface area contributed by atoms with E-state index in [1.165, 1.54) is 14.2 Å². The minimum Gasteiger partial charge on any atom is -0.469 e. The molecule has 0 aromatic rings. The zero-order valence-electron chi connectivity index (χ0n) is 15.2. The fourth-order valence-corrected chi connectivity index (χ4v) is 6.03. The van der Waals surface area contributed by atoms with Gasteiger partial charge in [-0.2, -0.15) is 0 Å². The zero-order valence-corrected chi connectivity index (χ0v) is 15.2. The summed E-state index contributed by atoms with van der Waals surface area (Å²) < 4.78 is 15.6. The van der Waals surface area contributed by atoms with Gasteiger partial charge in [0.25, 0.3) is 0 Å². The fraction of sp³-hybridized carbons (Fsp3) is 0.737. The summed E-state index contributed by atoms with van der Waals surface area (Å²) >= 11 is 0. The van der Waals surface area contributed by atoms with Crippen molar-refractivity contribution in [1.29, 1.82) is 0 Å². The lowest BCUT2D eigenvalue weighted by molar-refractivity contribution is -0.212. The monoisotopic (exact) mass is 350 g/mol. The first-order chi connectivity index (χ1) is 11.7. The molecule has 0 aromatic carbocycles. The summed E-state index contributed by atoms with van der Waals surface area (Å²) in [6.07, 6.45) is 3.96. The third-order valence-electron chi connectivity index (χ3n) is 6.28. The molecule has 4 rings (SSSR count). The first-order valence-corrected chi connectivity index (χ1v) is 8.69. The van der Waals surface area contributed by atoms with Crippen LogP contribution in [0.1, 0.15) is 45.4 Å². The van der Waals surface area contributed by atoms with E-state index in [4.69, 9.17) is 14.2 Å². The smallest absolute Gasteiger partial charge is 0.333 e. The van der Waals surface area contributed by atoms with Gasteiger partial charge in [0.2, 0.25) is 0 Å². The van der Waals surface area contributed by atoms with Crippen molar-refractivity contribution in [3.63, 3.8) is 0 Å². The van der Waals surface area contributed by atoms with E-state index in [-0.39, 0.29) is 29.9 Å². The number of rotatable bonds is 5. The lowest BCUT2D eigenvalue weighted by Crippen LogP contribution is -2.63. The highest BCUT2D eigenvalue weighted by molar-refractivity contribution is 5.87. The van der Waals surface area contributed by atoms with Gasteiger partial charge in [0, 0.05) is 11.0 Å². The molecular formula is C19H26O6. The first kappa shape index (κ1) is 18.0. The predicted molar refractivity (Wildman–Crippen MR) is 88.3 cm³/mol. The van der Waals surface area contributed by atoms with Crippen molar-refractivity contribution in [3.05, 3.63) is 12.2 Å². The molecular weight excluding hydrogens is 324 g/mol. The SMILES string of the molecule is C=C(C)C(=O)OCC12CC3CC(C(=O)OC)(C1)CC(C(=O)OC)(C3)C2. The lowest BCUT2D eigenvalue weighted by atomic mass is 9.39. The summed E-state index contributed by atoms with van der Waals surface area (Å²) in [6, 6.07) is 0. The summed E-state index contributed by atoms with van der Waals surface area (Å²) in [6.45, 7) is 5.41. The van der Waals surface area contributed by atoms with Gasteiger partial charge in [-0.15, -0.1) is 0 Å². The topological polar surface area (TPSA) is 78.9 Å². The number of carbonyl (C=O) groups is 3. The molecule has 0 aliphatic heterocycles. The molecule has 6 nitrogen and oxygen atoms in total. The van der Waals surface area contributed by atoms with Gasteiger partial charge in [0.15, 0.2) is 0 Å². The Labute approximate surface area is 147 Å². The van der Waals surface area contributed by atoms with E-state index in [0.717, 1.165) is 19.3 Å². The van der Waals surface area contributed by atoms with Crippen molar-refractivity contribution in [3.8, 4) is 0 Å². The number of carbonyl (C=O) groups excluding carboxylic acids is 3. The Balaban J connectivity index is 1.94. The van der Waals surface area contributed by atoms with E-state index in [1.54, 1.807) is 6.92 Å². The van der Waals surface area contributed by atoms with Crippen LogP contribution in [-0.4, -0.2) is 38.7 Å². The standard InChI is InChI=1S/C19H26O6/c1-12(2)14(20)25-11-17-5-13-6-18(8-17,15(21)23-3)10-19(7-13,9-17)16(22)24-4/h13H,1,5-11H2,2-4H3. The van der Waals surface area contributed by atoms with Crippen molar-refractivity contribution in [2.45, 2.75) is 45.4 Å². The highest BCUT2D eigenvalue weighted by Gasteiger charge is 2.69. The van der Waals surface area contributed by atoms with E-state index in [0.29, 0.717) is 24.8 Å². The van der Waals surface area contributed by atoms with Crippen LogP contribution in [0.5, 0.6) is 0 Å². The van der Waals surface area contributed by atoms with Crippen molar-refractivity contribution >= 4 is 17.9 Å². The number of esters is 3. The molecule has 0 radical (unpaired) electrons. The van der Waals surface area contributed by atoms with Crippen molar-refractivity contribution < 1.29 is 28.6 Å². The molecule has 4 aliphatic carbocycles. The highest BCUT2D eigenvalue weighted by Crippen LogP contribution is 2.70. The number of hydrogen-bond acceptors (Lipinski definition) is 6. The maximum absolute atomic E-state index is 12.6. The van der Waals surface area contributed by atoms with Crippen LogP contribution in [0.25, 0.3) is 0 Å². The Kier molecular flexibility index (Phi) is 4.20. The zero-order chi connectivity index (χ0) is 18.5. The summed E-state index contributed by atoms with van der Waals surface area (Å²) in [5, 5.41) is 0. The summed E-state index contributed by atoms with van der Waals surface area (Å²) in [4.78, 5) is 37.1. The molecule has 0 saturated heterocycles. The molecule has 138 valence electrons. The Bertz CT molecular complexity index is 604. The second kappa shape index (κ2) is 5.85. The third kappa shape index (κ3) is 2.75. The molecule has 25 heavy (non-hydrogen) atoms. The molecule has 0 N–H and O–H groups in total. The predicted octanol–water partition coefficient (Wildman–Crippen LogP) is 2.41. The van der Waals surface area contributed by atoms with Gasteiger partial charge in [-0.25, -0.2) is 4.79 Å². The van der Waals surface area contributed by atoms with Gasteiger partial charge in [-0.05, 0) is 51.4 Å². The van der Waals surface area contributed by atoms with Crippen LogP contribution in [0.3, 0.4) is 0 Å². The largest absolute Gasteiger partial charge is 0.469 e. The van der Waals surface area contributed by atoms with Gasteiger partial charge in [0.05, 0.1) is 31.7 Å². The third-order valence-corrected chi connectivity index (χ3v) is 6.28. The number of hydrogen-bond donors (Lipinski definition) is 0. The van der Waals surface area contributed by atoms with Crippen molar-refractivity contribution in [2.75, 3.05) is 20.8 Å². The highest BCUT2D eigenvalue weighted by atomic mass is 16.5. The molecule has 0 aromatic heterocycles. The molecule has 2 atom stereocenters. The summed E-state index contributed by atoms with van der Waals surface area (Å²) in [5.41, 5.74) is -1.40. The maximum Gasteiger partial charge on any atom is 0.333 e. The first-order valence-electron chi connectivity index (χ1n) is 8.69.